The van der Waals surface area contributed by atoms with Gasteiger partial charge in [-0.2, -0.15) is 0 Å². The SMILES string of the molecule is CC(C)c1ccnc(-n2c3ccccc3c3ccc(Oc4ccc5ccc6sc7c(C(C)C)ccnc7c6c5c4)cc32)c1. The Kier molecular flexibility index (Phi) is 5.98. The highest BCUT2D eigenvalue weighted by atomic mass is 32.1. The number of fused-ring (bicyclic) bond motifs is 8. The highest BCUT2D eigenvalue weighted by molar-refractivity contribution is 7.26. The number of thiophene rings is 1. The van der Waals surface area contributed by atoms with Crippen LogP contribution in [0.3, 0.4) is 0 Å². The molecule has 43 heavy (non-hydrogen) atoms. The summed E-state index contributed by atoms with van der Waals surface area (Å²) in [6.07, 6.45) is 3.86. The molecular formula is C38H31N3OS. The Morgan fingerprint density at radius 1 is 0.674 bits per heavy atom. The molecule has 0 aliphatic heterocycles. The zero-order valence-corrected chi connectivity index (χ0v) is 25.4. The average Bonchev–Trinajstić information content (AvgIpc) is 3.56. The smallest absolute Gasteiger partial charge is 0.137 e. The number of benzene rings is 4. The van der Waals surface area contributed by atoms with Crippen molar-refractivity contribution in [3.05, 3.63) is 115 Å². The molecule has 4 heterocycles. The van der Waals surface area contributed by atoms with Crippen molar-refractivity contribution in [3.63, 3.8) is 0 Å². The first kappa shape index (κ1) is 25.9. The molecule has 5 heteroatoms. The van der Waals surface area contributed by atoms with Crippen LogP contribution < -0.4 is 4.74 Å². The number of ether oxygens (including phenoxy) is 1. The second kappa shape index (κ2) is 9.92. The van der Waals surface area contributed by atoms with E-state index in [0.29, 0.717) is 11.8 Å². The molecule has 8 rings (SSSR count). The molecule has 0 spiro atoms. The monoisotopic (exact) mass is 577 g/mol. The molecule has 8 aromatic rings. The van der Waals surface area contributed by atoms with E-state index < -0.39 is 0 Å². The van der Waals surface area contributed by atoms with Gasteiger partial charge in [0.2, 0.25) is 0 Å². The standard InChI is InChI=1S/C38H31N3OS/c1-22(2)25-15-17-39-35(19-25)41-32-8-6-5-7-29(32)30-13-12-27(21-33(30)41)42-26-11-9-24-10-14-34-36(31(24)20-26)37-38(43-34)28(23(3)4)16-18-40-37/h5-23H,1-4H3. The second-order valence-electron chi connectivity index (χ2n) is 11.9. The zero-order chi connectivity index (χ0) is 29.2. The van der Waals surface area contributed by atoms with Gasteiger partial charge in [-0.1, -0.05) is 58.0 Å². The van der Waals surface area contributed by atoms with Crippen molar-refractivity contribution in [2.45, 2.75) is 39.5 Å². The number of aromatic nitrogens is 3. The maximum absolute atomic E-state index is 6.59. The third kappa shape index (κ3) is 4.18. The van der Waals surface area contributed by atoms with Crippen molar-refractivity contribution >= 4 is 64.2 Å². The van der Waals surface area contributed by atoms with Crippen LogP contribution in [-0.4, -0.2) is 14.5 Å². The molecule has 0 fully saturated rings. The zero-order valence-electron chi connectivity index (χ0n) is 24.6. The van der Waals surface area contributed by atoms with Crippen molar-refractivity contribution in [1.29, 1.82) is 0 Å². The number of hydrogen-bond donors (Lipinski definition) is 0. The number of nitrogens with zero attached hydrogens (tertiary/aromatic N) is 3. The number of pyridine rings is 2. The Hall–Kier alpha value is -4.74. The summed E-state index contributed by atoms with van der Waals surface area (Å²) in [7, 11) is 0. The third-order valence-electron chi connectivity index (χ3n) is 8.51. The summed E-state index contributed by atoms with van der Waals surface area (Å²) >= 11 is 1.83. The van der Waals surface area contributed by atoms with E-state index in [-0.39, 0.29) is 0 Å². The van der Waals surface area contributed by atoms with Gasteiger partial charge in [0.25, 0.3) is 0 Å². The first-order valence-electron chi connectivity index (χ1n) is 14.9. The van der Waals surface area contributed by atoms with Crippen LogP contribution in [0.25, 0.3) is 58.7 Å². The lowest BCUT2D eigenvalue weighted by Gasteiger charge is -2.12. The third-order valence-corrected chi connectivity index (χ3v) is 9.70. The molecule has 0 aliphatic carbocycles. The molecular weight excluding hydrogens is 547 g/mol. The van der Waals surface area contributed by atoms with Gasteiger partial charge >= 0.3 is 0 Å². The van der Waals surface area contributed by atoms with Crippen molar-refractivity contribution < 1.29 is 4.74 Å². The molecule has 0 saturated heterocycles. The van der Waals surface area contributed by atoms with Gasteiger partial charge < -0.3 is 4.74 Å². The van der Waals surface area contributed by atoms with Crippen molar-refractivity contribution in [2.75, 3.05) is 0 Å². The van der Waals surface area contributed by atoms with Gasteiger partial charge in [0.15, 0.2) is 0 Å². The molecule has 0 atom stereocenters. The first-order valence-corrected chi connectivity index (χ1v) is 15.7. The fraction of sp³-hybridized carbons (Fsp3) is 0.158. The lowest BCUT2D eigenvalue weighted by molar-refractivity contribution is 0.484. The van der Waals surface area contributed by atoms with E-state index in [4.69, 9.17) is 14.7 Å². The first-order chi connectivity index (χ1) is 21.0. The lowest BCUT2D eigenvalue weighted by atomic mass is 10.0. The van der Waals surface area contributed by atoms with Crippen LogP contribution in [-0.2, 0) is 0 Å². The van der Waals surface area contributed by atoms with Crippen LogP contribution in [0.2, 0.25) is 0 Å². The fourth-order valence-corrected chi connectivity index (χ4v) is 7.63. The second-order valence-corrected chi connectivity index (χ2v) is 12.9. The van der Waals surface area contributed by atoms with Gasteiger partial charge in [-0.15, -0.1) is 11.3 Å². The highest BCUT2D eigenvalue weighted by Gasteiger charge is 2.17. The molecule has 0 aliphatic rings. The highest BCUT2D eigenvalue weighted by Crippen LogP contribution is 2.42. The predicted molar refractivity (Wildman–Crippen MR) is 181 cm³/mol. The van der Waals surface area contributed by atoms with Crippen LogP contribution in [0, 0.1) is 0 Å². The van der Waals surface area contributed by atoms with Gasteiger partial charge in [0.05, 0.1) is 21.3 Å². The predicted octanol–water partition coefficient (Wildman–Crippen LogP) is 11.1. The van der Waals surface area contributed by atoms with E-state index in [1.807, 2.05) is 23.7 Å². The summed E-state index contributed by atoms with van der Waals surface area (Å²) < 4.78 is 11.4. The van der Waals surface area contributed by atoms with Gasteiger partial charge in [-0.25, -0.2) is 4.98 Å². The van der Waals surface area contributed by atoms with Crippen LogP contribution in [0.15, 0.2) is 103 Å². The number of para-hydroxylation sites is 1. The Morgan fingerprint density at radius 3 is 2.30 bits per heavy atom. The van der Waals surface area contributed by atoms with Gasteiger partial charge in [-0.3, -0.25) is 9.55 Å². The van der Waals surface area contributed by atoms with Crippen LogP contribution in [0.4, 0.5) is 0 Å². The minimum absolute atomic E-state index is 0.417. The summed E-state index contributed by atoms with van der Waals surface area (Å²) in [5, 5.41) is 5.93. The van der Waals surface area contributed by atoms with Gasteiger partial charge in [0.1, 0.15) is 17.3 Å². The molecule has 0 saturated carbocycles. The molecule has 0 bridgehead atoms. The average molecular weight is 578 g/mol. The fourth-order valence-electron chi connectivity index (χ4n) is 6.30. The molecule has 210 valence electrons. The largest absolute Gasteiger partial charge is 0.457 e. The Balaban J connectivity index is 1.28. The van der Waals surface area contributed by atoms with Crippen molar-refractivity contribution in [3.8, 4) is 17.3 Å². The van der Waals surface area contributed by atoms with E-state index >= 15 is 0 Å². The maximum Gasteiger partial charge on any atom is 0.137 e. The van der Waals surface area contributed by atoms with Crippen molar-refractivity contribution in [2.24, 2.45) is 0 Å². The maximum atomic E-state index is 6.59. The minimum Gasteiger partial charge on any atom is -0.457 e. The summed E-state index contributed by atoms with van der Waals surface area (Å²) in [4.78, 5) is 9.64. The topological polar surface area (TPSA) is 39.9 Å². The van der Waals surface area contributed by atoms with E-state index in [1.165, 1.54) is 47.5 Å². The summed E-state index contributed by atoms with van der Waals surface area (Å²) in [5.74, 6) is 3.37. The lowest BCUT2D eigenvalue weighted by Crippen LogP contribution is -1.99. The summed E-state index contributed by atoms with van der Waals surface area (Å²) in [6, 6.07) is 32.2. The summed E-state index contributed by atoms with van der Waals surface area (Å²) in [6.45, 7) is 8.92. The Bertz CT molecular complexity index is 2340. The molecule has 4 aromatic carbocycles. The van der Waals surface area contributed by atoms with E-state index in [1.54, 1.807) is 0 Å². The van der Waals surface area contributed by atoms with Crippen LogP contribution in [0.5, 0.6) is 11.5 Å². The molecule has 0 radical (unpaired) electrons. The van der Waals surface area contributed by atoms with Crippen molar-refractivity contribution in [1.82, 2.24) is 14.5 Å². The molecule has 4 aromatic heterocycles. The molecule has 4 nitrogen and oxygen atoms in total. The van der Waals surface area contributed by atoms with Crippen LogP contribution in [0.1, 0.15) is 50.7 Å². The number of rotatable bonds is 5. The molecule has 0 N–H and O–H groups in total. The minimum atomic E-state index is 0.417. The molecule has 0 unspecified atom stereocenters. The van der Waals surface area contributed by atoms with E-state index in [2.05, 4.69) is 123 Å². The summed E-state index contributed by atoms with van der Waals surface area (Å²) in [5.41, 5.74) is 5.90. The Labute approximate surface area is 254 Å². The van der Waals surface area contributed by atoms with Gasteiger partial charge in [-0.05, 0) is 88.3 Å². The Morgan fingerprint density at radius 2 is 1.44 bits per heavy atom. The van der Waals surface area contributed by atoms with E-state index in [0.717, 1.165) is 33.9 Å². The molecule has 0 amide bonds. The van der Waals surface area contributed by atoms with Crippen LogP contribution >= 0.6 is 11.3 Å². The van der Waals surface area contributed by atoms with Gasteiger partial charge in [0, 0.05) is 39.3 Å². The van der Waals surface area contributed by atoms with E-state index in [9.17, 15) is 0 Å². The normalized spacial score (nSPS) is 12.1. The number of hydrogen-bond acceptors (Lipinski definition) is 4. The quantitative estimate of drug-likeness (QED) is 0.204.